The zero-order valence-corrected chi connectivity index (χ0v) is 17.3. The van der Waals surface area contributed by atoms with Crippen LogP contribution in [-0.2, 0) is 6.18 Å². The van der Waals surface area contributed by atoms with E-state index in [1.54, 1.807) is 12.1 Å². The molecule has 2 saturated carbocycles. The highest BCUT2D eigenvalue weighted by Gasteiger charge is 2.31. The largest absolute Gasteiger partial charge is 0.416 e. The van der Waals surface area contributed by atoms with E-state index in [1.165, 1.54) is 63.5 Å². The van der Waals surface area contributed by atoms with Crippen LogP contribution in [0.3, 0.4) is 0 Å². The molecule has 4 heteroatoms. The number of halogens is 4. The lowest BCUT2D eigenvalue weighted by atomic mass is 9.74. The summed E-state index contributed by atoms with van der Waals surface area (Å²) in [5.41, 5.74) is 0.512. The molecule has 2 fully saturated rings. The second-order valence-electron chi connectivity index (χ2n) is 9.10. The monoisotopic (exact) mass is 410 g/mol. The van der Waals surface area contributed by atoms with Crippen LogP contribution in [0.5, 0.6) is 0 Å². The van der Waals surface area contributed by atoms with E-state index in [1.807, 2.05) is 6.08 Å². The van der Waals surface area contributed by atoms with Crippen molar-refractivity contribution in [2.75, 3.05) is 6.67 Å². The van der Waals surface area contributed by atoms with Gasteiger partial charge in [-0.2, -0.15) is 13.2 Å². The third kappa shape index (κ3) is 6.86. The minimum atomic E-state index is -4.25. The highest BCUT2D eigenvalue weighted by molar-refractivity contribution is 5.27. The molecule has 0 nitrogen and oxygen atoms in total. The van der Waals surface area contributed by atoms with E-state index in [9.17, 15) is 17.6 Å². The quantitative estimate of drug-likeness (QED) is 0.312. The van der Waals surface area contributed by atoms with Crippen LogP contribution in [0.4, 0.5) is 17.6 Å². The van der Waals surface area contributed by atoms with Gasteiger partial charge in [0, 0.05) is 0 Å². The van der Waals surface area contributed by atoms with Crippen molar-refractivity contribution in [3.05, 3.63) is 47.5 Å². The van der Waals surface area contributed by atoms with E-state index >= 15 is 0 Å². The summed E-state index contributed by atoms with van der Waals surface area (Å²) in [6, 6.07) is 5.80. The average molecular weight is 411 g/mol. The van der Waals surface area contributed by atoms with Gasteiger partial charge in [-0.3, -0.25) is 4.39 Å². The Morgan fingerprint density at radius 3 is 1.86 bits per heavy atom. The Kier molecular flexibility index (Phi) is 8.20. The average Bonchev–Trinajstić information content (AvgIpc) is 2.73. The molecule has 29 heavy (non-hydrogen) atoms. The third-order valence-corrected chi connectivity index (χ3v) is 7.11. The van der Waals surface area contributed by atoms with E-state index in [2.05, 4.69) is 6.08 Å². The van der Waals surface area contributed by atoms with Crippen LogP contribution in [-0.4, -0.2) is 6.67 Å². The fourth-order valence-corrected chi connectivity index (χ4v) is 5.22. The Morgan fingerprint density at radius 2 is 1.34 bits per heavy atom. The second-order valence-corrected chi connectivity index (χ2v) is 9.10. The lowest BCUT2D eigenvalue weighted by Gasteiger charge is -2.31. The Balaban J connectivity index is 1.35. The van der Waals surface area contributed by atoms with Gasteiger partial charge in [-0.15, -0.1) is 0 Å². The molecule has 0 heterocycles. The number of allylic oxidation sites excluding steroid dienone is 2. The van der Waals surface area contributed by atoms with E-state index in [0.29, 0.717) is 18.3 Å². The summed E-state index contributed by atoms with van der Waals surface area (Å²) in [6.45, 7) is -0.257. The molecule has 0 unspecified atom stereocenters. The number of hydrogen-bond acceptors (Lipinski definition) is 0. The number of benzene rings is 1. The highest BCUT2D eigenvalue weighted by atomic mass is 19.4. The predicted molar refractivity (Wildman–Crippen MR) is 111 cm³/mol. The van der Waals surface area contributed by atoms with Gasteiger partial charge in [0.15, 0.2) is 0 Å². The topological polar surface area (TPSA) is 0 Å². The van der Waals surface area contributed by atoms with Crippen molar-refractivity contribution in [3.8, 4) is 0 Å². The van der Waals surface area contributed by atoms with E-state index in [0.717, 1.165) is 30.2 Å². The first-order valence-electron chi connectivity index (χ1n) is 11.4. The van der Waals surface area contributed by atoms with Crippen LogP contribution >= 0.6 is 0 Å². The summed E-state index contributed by atoms with van der Waals surface area (Å²) in [4.78, 5) is 0. The van der Waals surface area contributed by atoms with E-state index in [-0.39, 0.29) is 6.67 Å². The Morgan fingerprint density at radius 1 is 0.793 bits per heavy atom. The summed E-state index contributed by atoms with van der Waals surface area (Å²) in [5, 5.41) is 0. The zero-order chi connectivity index (χ0) is 20.7. The van der Waals surface area contributed by atoms with Crippen molar-refractivity contribution in [1.29, 1.82) is 0 Å². The molecule has 1 aromatic carbocycles. The molecule has 0 amide bonds. The smallest absolute Gasteiger partial charge is 0.251 e. The molecular weight excluding hydrogens is 376 g/mol. The molecule has 0 bridgehead atoms. The zero-order valence-electron chi connectivity index (χ0n) is 17.3. The van der Waals surface area contributed by atoms with Crippen molar-refractivity contribution < 1.29 is 17.6 Å². The molecule has 0 radical (unpaired) electrons. The molecule has 2 aliphatic rings. The first-order valence-corrected chi connectivity index (χ1v) is 11.4. The SMILES string of the molecule is FCCC=CC1CCC(CCC2CCC(c3ccc(C(F)(F)F)cc3)CC2)CC1. The van der Waals surface area contributed by atoms with Crippen LogP contribution in [0.1, 0.15) is 87.7 Å². The summed E-state index contributed by atoms with van der Waals surface area (Å²) < 4.78 is 50.4. The van der Waals surface area contributed by atoms with Gasteiger partial charge < -0.3 is 0 Å². The maximum absolute atomic E-state index is 12.7. The third-order valence-electron chi connectivity index (χ3n) is 7.11. The van der Waals surface area contributed by atoms with Crippen molar-refractivity contribution >= 4 is 0 Å². The fourth-order valence-electron chi connectivity index (χ4n) is 5.22. The van der Waals surface area contributed by atoms with Crippen LogP contribution in [0.2, 0.25) is 0 Å². The van der Waals surface area contributed by atoms with Crippen molar-refractivity contribution in [3.63, 3.8) is 0 Å². The summed E-state index contributed by atoms with van der Waals surface area (Å²) in [6.07, 6.45) is 12.8. The van der Waals surface area contributed by atoms with Gasteiger partial charge in [0.05, 0.1) is 12.2 Å². The lowest BCUT2D eigenvalue weighted by Crippen LogP contribution is -2.17. The fraction of sp³-hybridized carbons (Fsp3) is 0.680. The molecule has 0 N–H and O–H groups in total. The Bertz CT molecular complexity index is 615. The van der Waals surface area contributed by atoms with Crippen molar-refractivity contribution in [2.24, 2.45) is 17.8 Å². The standard InChI is InChI=1S/C25H34F4/c26-18-2-1-3-19-4-6-20(7-5-19)8-9-21-10-12-22(13-11-21)23-14-16-24(17-15-23)25(27,28)29/h1,3,14-17,19-22H,2,4-13,18H2. The number of hydrogen-bond donors (Lipinski definition) is 0. The number of rotatable bonds is 7. The van der Waals surface area contributed by atoms with E-state index in [4.69, 9.17) is 0 Å². The molecule has 162 valence electrons. The van der Waals surface area contributed by atoms with Crippen molar-refractivity contribution in [2.45, 2.75) is 82.7 Å². The lowest BCUT2D eigenvalue weighted by molar-refractivity contribution is -0.137. The molecule has 0 aromatic heterocycles. The molecule has 0 aliphatic heterocycles. The van der Waals surface area contributed by atoms with Gasteiger partial charge >= 0.3 is 6.18 Å². The normalized spacial score (nSPS) is 28.7. The molecule has 0 spiro atoms. The highest BCUT2D eigenvalue weighted by Crippen LogP contribution is 2.40. The molecule has 3 rings (SSSR count). The van der Waals surface area contributed by atoms with Crippen LogP contribution < -0.4 is 0 Å². The van der Waals surface area contributed by atoms with Gasteiger partial charge in [-0.25, -0.2) is 0 Å². The van der Waals surface area contributed by atoms with Crippen LogP contribution in [0, 0.1) is 17.8 Å². The summed E-state index contributed by atoms with van der Waals surface area (Å²) in [5.74, 6) is 2.69. The predicted octanol–water partition coefficient (Wildman–Crippen LogP) is 8.48. The maximum atomic E-state index is 12.7. The van der Waals surface area contributed by atoms with E-state index < -0.39 is 11.7 Å². The van der Waals surface area contributed by atoms with Gasteiger partial charge in [0.1, 0.15) is 0 Å². The number of alkyl halides is 4. The summed E-state index contributed by atoms with van der Waals surface area (Å²) in [7, 11) is 0. The van der Waals surface area contributed by atoms with Crippen LogP contribution in [0.15, 0.2) is 36.4 Å². The molecule has 2 aliphatic carbocycles. The second kappa shape index (κ2) is 10.6. The Hall–Kier alpha value is -1.32. The van der Waals surface area contributed by atoms with Gasteiger partial charge in [-0.05, 0) is 99.2 Å². The minimum absolute atomic E-state index is 0.257. The first kappa shape index (κ1) is 22.4. The van der Waals surface area contributed by atoms with Crippen LogP contribution in [0.25, 0.3) is 0 Å². The summed E-state index contributed by atoms with van der Waals surface area (Å²) >= 11 is 0. The molecular formula is C25H34F4. The van der Waals surface area contributed by atoms with Gasteiger partial charge in [0.2, 0.25) is 0 Å². The molecule has 1 aromatic rings. The van der Waals surface area contributed by atoms with Crippen molar-refractivity contribution in [1.82, 2.24) is 0 Å². The minimum Gasteiger partial charge on any atom is -0.251 e. The maximum Gasteiger partial charge on any atom is 0.416 e. The van der Waals surface area contributed by atoms with Gasteiger partial charge in [-0.1, -0.05) is 37.1 Å². The first-order chi connectivity index (χ1) is 14.0. The van der Waals surface area contributed by atoms with Gasteiger partial charge in [0.25, 0.3) is 0 Å². The Labute approximate surface area is 172 Å². The molecule has 0 saturated heterocycles. The molecule has 0 atom stereocenters.